The molecule has 2 atom stereocenters. The summed E-state index contributed by atoms with van der Waals surface area (Å²) < 4.78 is 79.8. The summed E-state index contributed by atoms with van der Waals surface area (Å²) in [5, 5.41) is 38.6. The Morgan fingerprint density at radius 1 is 1.12 bits per heavy atom. The highest BCUT2D eigenvalue weighted by Crippen LogP contribution is 2.36. The number of halogens is 4. The van der Waals surface area contributed by atoms with E-state index in [4.69, 9.17) is 5.26 Å². The summed E-state index contributed by atoms with van der Waals surface area (Å²) in [5.74, 6) is -1.70. The summed E-state index contributed by atoms with van der Waals surface area (Å²) in [6, 6.07) is 8.49. The molecule has 2 aromatic carbocycles. The first-order valence-electron chi connectivity index (χ1n) is 9.49. The second-order valence-corrected chi connectivity index (χ2v) is 9.61. The third kappa shape index (κ3) is 4.70. The lowest BCUT2D eigenvalue weighted by atomic mass is 9.86. The molecule has 1 aliphatic heterocycles. The van der Waals surface area contributed by atoms with Crippen LogP contribution >= 0.6 is 0 Å². The Morgan fingerprint density at radius 3 is 2.33 bits per heavy atom. The zero-order valence-corrected chi connectivity index (χ0v) is 17.7. The summed E-state index contributed by atoms with van der Waals surface area (Å²) >= 11 is 0. The Hall–Kier alpha value is -3.03. The minimum Gasteiger partial charge on any atom is -0.393 e. The summed E-state index contributed by atoms with van der Waals surface area (Å²) in [4.78, 5) is -0.664. The Bertz CT molecular complexity index is 1270. The van der Waals surface area contributed by atoms with Crippen molar-refractivity contribution in [3.63, 3.8) is 0 Å². The fraction of sp³-hybridized carbons (Fsp3) is 0.333. The maximum atomic E-state index is 13.9. The summed E-state index contributed by atoms with van der Waals surface area (Å²) in [5.41, 5.74) is -3.68. The normalized spacial score (nSPS) is 21.5. The summed E-state index contributed by atoms with van der Waals surface area (Å²) in [6.07, 6.45) is -4.83. The van der Waals surface area contributed by atoms with Gasteiger partial charge in [-0.05, 0) is 42.3 Å². The lowest BCUT2D eigenvalue weighted by Crippen LogP contribution is -2.43. The highest BCUT2D eigenvalue weighted by Gasteiger charge is 2.49. The fourth-order valence-corrected chi connectivity index (χ4v) is 5.42. The number of aliphatic hydroxyl groups is 2. The first-order chi connectivity index (χ1) is 15.4. The third-order valence-electron chi connectivity index (χ3n) is 5.59. The van der Waals surface area contributed by atoms with E-state index >= 15 is 0 Å². The minimum atomic E-state index is -4.78. The van der Waals surface area contributed by atoms with Crippen LogP contribution in [0.3, 0.4) is 0 Å². The van der Waals surface area contributed by atoms with E-state index in [9.17, 15) is 41.5 Å². The molecular weight excluding hydrogens is 466 g/mol. The fourth-order valence-electron chi connectivity index (χ4n) is 3.75. The lowest BCUT2D eigenvalue weighted by Gasteiger charge is -2.26. The molecule has 3 rings (SSSR count). The molecule has 33 heavy (non-hydrogen) atoms. The second-order valence-electron chi connectivity index (χ2n) is 7.71. The quantitative estimate of drug-likeness (QED) is 0.628. The zero-order chi connectivity index (χ0) is 24.6. The molecule has 1 aliphatic rings. The molecule has 174 valence electrons. The van der Waals surface area contributed by atoms with Gasteiger partial charge in [-0.1, -0.05) is 6.07 Å². The molecular formula is C21H17F4N3O4S. The van der Waals surface area contributed by atoms with Crippen molar-refractivity contribution in [2.24, 2.45) is 5.92 Å². The average Bonchev–Trinajstić information content (AvgIpc) is 3.10. The van der Waals surface area contributed by atoms with Gasteiger partial charge in [0.05, 0.1) is 28.2 Å². The Balaban J connectivity index is 1.94. The highest BCUT2D eigenvalue weighted by molar-refractivity contribution is 7.89. The lowest BCUT2D eigenvalue weighted by molar-refractivity contribution is -0.137. The van der Waals surface area contributed by atoms with Crippen LogP contribution in [-0.4, -0.2) is 48.2 Å². The van der Waals surface area contributed by atoms with Crippen LogP contribution in [0.1, 0.15) is 22.3 Å². The van der Waals surface area contributed by atoms with Crippen molar-refractivity contribution in [1.29, 1.82) is 10.5 Å². The molecule has 7 nitrogen and oxygen atoms in total. The smallest absolute Gasteiger partial charge is 0.393 e. The van der Waals surface area contributed by atoms with Crippen molar-refractivity contribution in [2.45, 2.75) is 23.1 Å². The van der Waals surface area contributed by atoms with Gasteiger partial charge in [0.25, 0.3) is 0 Å². The van der Waals surface area contributed by atoms with E-state index in [1.54, 1.807) is 6.07 Å². The Kier molecular flexibility index (Phi) is 6.51. The molecule has 0 aromatic heterocycles. The van der Waals surface area contributed by atoms with Gasteiger partial charge >= 0.3 is 6.18 Å². The molecule has 1 heterocycles. The van der Waals surface area contributed by atoms with Gasteiger partial charge in [0, 0.05) is 19.0 Å². The van der Waals surface area contributed by atoms with Gasteiger partial charge in [0.15, 0.2) is 0 Å². The number of sulfonamides is 1. The topological polar surface area (TPSA) is 125 Å². The van der Waals surface area contributed by atoms with Crippen molar-refractivity contribution < 1.29 is 36.2 Å². The van der Waals surface area contributed by atoms with Crippen LogP contribution in [0.15, 0.2) is 41.3 Å². The molecule has 1 unspecified atom stereocenters. The molecule has 2 N–H and O–H groups in total. The van der Waals surface area contributed by atoms with Crippen LogP contribution in [0.5, 0.6) is 0 Å². The first kappa shape index (κ1) is 24.6. The maximum Gasteiger partial charge on any atom is 0.416 e. The van der Waals surface area contributed by atoms with E-state index in [2.05, 4.69) is 0 Å². The summed E-state index contributed by atoms with van der Waals surface area (Å²) in [6.45, 7) is -1.76. The van der Waals surface area contributed by atoms with Gasteiger partial charge < -0.3 is 10.2 Å². The molecule has 1 saturated heterocycles. The molecule has 12 heteroatoms. The molecule has 2 aromatic rings. The van der Waals surface area contributed by atoms with Gasteiger partial charge in [0.2, 0.25) is 10.0 Å². The number of aliphatic hydroxyl groups excluding tert-OH is 1. The average molecular weight is 483 g/mol. The van der Waals surface area contributed by atoms with Crippen molar-refractivity contribution in [3.8, 4) is 12.1 Å². The third-order valence-corrected chi connectivity index (χ3v) is 7.46. The van der Waals surface area contributed by atoms with Crippen LogP contribution in [0, 0.1) is 34.4 Å². The largest absolute Gasteiger partial charge is 0.416 e. The SMILES string of the molecule is N#Cc1ccc(C[C@H]2CN(S(=O)(=O)c3ccc(C(F)(F)F)cc3C#N)CC2(O)CO)cc1F. The van der Waals surface area contributed by atoms with Crippen LogP contribution in [0.25, 0.3) is 0 Å². The summed E-state index contributed by atoms with van der Waals surface area (Å²) in [7, 11) is -4.51. The Morgan fingerprint density at radius 2 is 1.79 bits per heavy atom. The van der Waals surface area contributed by atoms with Crippen LogP contribution in [-0.2, 0) is 22.6 Å². The van der Waals surface area contributed by atoms with Crippen molar-refractivity contribution in [3.05, 3.63) is 64.5 Å². The van der Waals surface area contributed by atoms with Gasteiger partial charge in [-0.2, -0.15) is 28.0 Å². The van der Waals surface area contributed by atoms with Crippen LogP contribution in [0.4, 0.5) is 17.6 Å². The first-order valence-corrected chi connectivity index (χ1v) is 10.9. The van der Waals surface area contributed by atoms with Crippen LogP contribution < -0.4 is 0 Å². The van der Waals surface area contributed by atoms with Crippen molar-refractivity contribution in [2.75, 3.05) is 19.7 Å². The van der Waals surface area contributed by atoms with Crippen molar-refractivity contribution >= 4 is 10.0 Å². The van der Waals surface area contributed by atoms with E-state index in [1.807, 2.05) is 0 Å². The number of rotatable bonds is 5. The minimum absolute atomic E-state index is 0.0518. The number of β-amino-alcohol motifs (C(OH)–C–C–N with tert-alkyl or cyclic N) is 1. The number of benzene rings is 2. The molecule has 0 saturated carbocycles. The van der Waals surface area contributed by atoms with Gasteiger partial charge in [-0.15, -0.1) is 0 Å². The predicted octanol–water partition coefficient (Wildman–Crippen LogP) is 2.17. The van der Waals surface area contributed by atoms with E-state index in [0.29, 0.717) is 23.8 Å². The number of alkyl halides is 3. The standard InChI is InChI=1S/C21H17F4N3O4S/c22-18-6-13(1-2-14(18)8-26)5-17-10-28(11-20(17,30)12-29)33(31,32)19-4-3-16(21(23,24)25)7-15(19)9-27/h1-4,6-7,17,29-30H,5,10-12H2/t17-,20?/m0/s1. The molecule has 0 spiro atoms. The van der Waals surface area contributed by atoms with E-state index in [-0.39, 0.29) is 18.5 Å². The van der Waals surface area contributed by atoms with E-state index < -0.39 is 62.7 Å². The molecule has 0 radical (unpaired) electrons. The monoisotopic (exact) mass is 483 g/mol. The number of nitrogens with zero attached hydrogens (tertiary/aromatic N) is 3. The van der Waals surface area contributed by atoms with E-state index in [0.717, 1.165) is 10.4 Å². The molecule has 0 amide bonds. The number of hydrogen-bond acceptors (Lipinski definition) is 6. The van der Waals surface area contributed by atoms with Gasteiger partial charge in [-0.25, -0.2) is 12.8 Å². The predicted molar refractivity (Wildman–Crippen MR) is 105 cm³/mol. The van der Waals surface area contributed by atoms with Gasteiger partial charge in [-0.3, -0.25) is 0 Å². The molecule has 1 fully saturated rings. The Labute approximate surface area is 186 Å². The van der Waals surface area contributed by atoms with E-state index in [1.165, 1.54) is 18.2 Å². The maximum absolute atomic E-state index is 13.9. The molecule has 0 aliphatic carbocycles. The second kappa shape index (κ2) is 8.72. The van der Waals surface area contributed by atoms with Gasteiger partial charge in [0.1, 0.15) is 23.6 Å². The van der Waals surface area contributed by atoms with Crippen LogP contribution in [0.2, 0.25) is 0 Å². The molecule has 0 bridgehead atoms. The number of hydrogen-bond donors (Lipinski definition) is 2. The highest BCUT2D eigenvalue weighted by atomic mass is 32.2. The number of nitriles is 2. The zero-order valence-electron chi connectivity index (χ0n) is 16.8. The van der Waals surface area contributed by atoms with Crippen molar-refractivity contribution in [1.82, 2.24) is 4.31 Å².